The van der Waals surface area contributed by atoms with Gasteiger partial charge in [0.15, 0.2) is 0 Å². The summed E-state index contributed by atoms with van der Waals surface area (Å²) in [6.07, 6.45) is 10.1. The molecule has 1 radical (unpaired) electrons. The molecule has 0 aromatic heterocycles. The molecule has 0 heterocycles. The maximum absolute atomic E-state index is 5.94. The van der Waals surface area contributed by atoms with Gasteiger partial charge >= 0.3 is 21.7 Å². The maximum atomic E-state index is 5.94. The van der Waals surface area contributed by atoms with Crippen LogP contribution in [0.15, 0.2) is 17.7 Å². The summed E-state index contributed by atoms with van der Waals surface area (Å²) in [5, 5.41) is 0. The zero-order valence-corrected chi connectivity index (χ0v) is 15.2. The van der Waals surface area contributed by atoms with Gasteiger partial charge < -0.3 is 29.6 Å². The minimum Gasteiger partial charge on any atom is -1.00 e. The Balaban J connectivity index is -0.000000653. The maximum Gasteiger partial charge on any atom is 3.00 e. The molecular weight excluding hydrogens is 307 g/mol. The first kappa shape index (κ1) is 23.1. The Hall–Kier alpha value is 0.951. The zero-order valence-electron chi connectivity index (χ0n) is 11.0. The summed E-state index contributed by atoms with van der Waals surface area (Å²) in [7, 11) is -0.715. The minimum absolute atomic E-state index is 0. The fourth-order valence-electron chi connectivity index (χ4n) is 1.60. The molecule has 0 bridgehead atoms. The van der Waals surface area contributed by atoms with Crippen LogP contribution in [0, 0.1) is 6.08 Å². The van der Waals surface area contributed by atoms with Crippen molar-refractivity contribution in [3.63, 3.8) is 0 Å². The van der Waals surface area contributed by atoms with E-state index < -0.39 is 8.80 Å². The van der Waals surface area contributed by atoms with Gasteiger partial charge in [-0.2, -0.15) is 6.08 Å². The van der Waals surface area contributed by atoms with E-state index in [-0.39, 0.29) is 46.5 Å². The smallest absolute Gasteiger partial charge is 1.00 e. The van der Waals surface area contributed by atoms with Gasteiger partial charge in [-0.25, -0.2) is 11.6 Å². The third-order valence-corrected chi connectivity index (χ3v) is 4.26. The van der Waals surface area contributed by atoms with E-state index in [9.17, 15) is 0 Å². The monoisotopic (exact) mass is 327 g/mol. The average Bonchev–Trinajstić information content (AvgIpc) is 2.54. The van der Waals surface area contributed by atoms with Gasteiger partial charge in [0, 0.05) is 5.73 Å². The van der Waals surface area contributed by atoms with E-state index >= 15 is 0 Å². The van der Waals surface area contributed by atoms with Gasteiger partial charge in [0.05, 0.1) is 14.9 Å². The standard InChI is InChI=1S/C12H21OSi.2ClH.Ti/c1-10(2)13-12(14(3)4)9-11-7-5-6-8-11;;;/h5,7,10,12,14H,6,9H2,1-4H3;2*1H;/q-1;;;+3/p-2. The minimum atomic E-state index is -0.715. The molecule has 17 heavy (non-hydrogen) atoms. The Labute approximate surface area is 135 Å². The molecule has 0 saturated carbocycles. The van der Waals surface area contributed by atoms with Gasteiger partial charge in [-0.05, 0) is 20.3 Å². The summed E-state index contributed by atoms with van der Waals surface area (Å²) in [5.41, 5.74) is 1.82. The van der Waals surface area contributed by atoms with Gasteiger partial charge in [0.2, 0.25) is 0 Å². The van der Waals surface area contributed by atoms with E-state index in [1.807, 2.05) is 0 Å². The average molecular weight is 328 g/mol. The second-order valence-electron chi connectivity index (χ2n) is 4.48. The van der Waals surface area contributed by atoms with Gasteiger partial charge in [-0.15, -0.1) is 6.42 Å². The molecule has 1 aliphatic rings. The summed E-state index contributed by atoms with van der Waals surface area (Å²) in [6, 6.07) is 0. The Kier molecular flexibility index (Phi) is 16.3. The van der Waals surface area contributed by atoms with Crippen molar-refractivity contribution in [2.24, 2.45) is 0 Å². The largest absolute Gasteiger partial charge is 3.00 e. The van der Waals surface area contributed by atoms with Crippen molar-refractivity contribution in [2.45, 2.75) is 51.6 Å². The molecule has 0 aliphatic heterocycles. The van der Waals surface area contributed by atoms with Crippen LogP contribution in [0.4, 0.5) is 0 Å². The van der Waals surface area contributed by atoms with Crippen LogP contribution in [0.3, 0.4) is 0 Å². The van der Waals surface area contributed by atoms with Crippen LogP contribution in [0.5, 0.6) is 0 Å². The number of allylic oxidation sites excluding steroid dienone is 3. The van der Waals surface area contributed by atoms with E-state index in [0.29, 0.717) is 11.8 Å². The first-order chi connectivity index (χ1) is 6.59. The molecule has 0 saturated heterocycles. The first-order valence-corrected chi connectivity index (χ1v) is 8.49. The molecular formula is C12H21Cl2OSiTi. The number of ether oxygens (including phenoxy) is 1. The number of hydrogen-bond acceptors (Lipinski definition) is 1. The number of rotatable bonds is 5. The second-order valence-corrected chi connectivity index (χ2v) is 7.71. The molecule has 1 nitrogen and oxygen atoms in total. The molecule has 97 valence electrons. The van der Waals surface area contributed by atoms with E-state index in [0.717, 1.165) is 12.8 Å². The molecule has 0 fully saturated rings. The molecule has 0 amide bonds. The molecule has 1 atom stereocenters. The van der Waals surface area contributed by atoms with Crippen LogP contribution in [0.25, 0.3) is 0 Å². The molecule has 0 spiro atoms. The summed E-state index contributed by atoms with van der Waals surface area (Å²) in [4.78, 5) is 0. The van der Waals surface area contributed by atoms with E-state index in [4.69, 9.17) is 4.74 Å². The van der Waals surface area contributed by atoms with Crippen LogP contribution in [-0.4, -0.2) is 20.6 Å². The summed E-state index contributed by atoms with van der Waals surface area (Å²) < 4.78 is 5.94. The van der Waals surface area contributed by atoms with Gasteiger partial charge in [-0.1, -0.05) is 13.1 Å². The van der Waals surface area contributed by atoms with Crippen LogP contribution in [0.1, 0.15) is 26.7 Å². The van der Waals surface area contributed by atoms with Crippen molar-refractivity contribution < 1.29 is 51.3 Å². The fraction of sp³-hybridized carbons (Fsp3) is 0.667. The third-order valence-electron chi connectivity index (χ3n) is 2.38. The second kappa shape index (κ2) is 12.0. The molecule has 0 aromatic rings. The van der Waals surface area contributed by atoms with Crippen LogP contribution in [-0.2, 0) is 26.5 Å². The van der Waals surface area contributed by atoms with Crippen molar-refractivity contribution >= 4 is 8.80 Å². The van der Waals surface area contributed by atoms with Crippen LogP contribution in [0.2, 0.25) is 13.1 Å². The molecule has 1 rings (SSSR count). The van der Waals surface area contributed by atoms with Crippen molar-refractivity contribution in [2.75, 3.05) is 0 Å². The third kappa shape index (κ3) is 9.52. The van der Waals surface area contributed by atoms with E-state index in [1.165, 1.54) is 5.57 Å². The first-order valence-electron chi connectivity index (χ1n) is 5.51. The molecule has 1 unspecified atom stereocenters. The molecule has 0 N–H and O–H groups in total. The SMILES string of the molecule is CC(C)OC(CC1=[C-]CC=C1)[SiH](C)C.[Cl-].[Cl-].[Ti+3]. The predicted molar refractivity (Wildman–Crippen MR) is 64.0 cm³/mol. The quantitative estimate of drug-likeness (QED) is 0.384. The number of hydrogen-bond donors (Lipinski definition) is 0. The summed E-state index contributed by atoms with van der Waals surface area (Å²) in [5.74, 6) is 0. The topological polar surface area (TPSA) is 9.23 Å². The molecule has 5 heteroatoms. The van der Waals surface area contributed by atoms with Crippen molar-refractivity contribution in [1.82, 2.24) is 0 Å². The fourth-order valence-corrected chi connectivity index (χ4v) is 2.95. The van der Waals surface area contributed by atoms with Crippen molar-refractivity contribution in [3.8, 4) is 0 Å². The predicted octanol–water partition coefficient (Wildman–Crippen LogP) is -3.11. The van der Waals surface area contributed by atoms with Crippen LogP contribution >= 0.6 is 0 Å². The van der Waals surface area contributed by atoms with Crippen molar-refractivity contribution in [1.29, 1.82) is 0 Å². The van der Waals surface area contributed by atoms with E-state index in [1.54, 1.807) is 0 Å². The van der Waals surface area contributed by atoms with Crippen LogP contribution < -0.4 is 24.8 Å². The molecule has 0 aromatic carbocycles. The van der Waals surface area contributed by atoms with E-state index in [2.05, 4.69) is 45.2 Å². The Morgan fingerprint density at radius 3 is 2.29 bits per heavy atom. The van der Waals surface area contributed by atoms with Gasteiger partial charge in [0.1, 0.15) is 0 Å². The Bertz CT molecular complexity index is 243. The Morgan fingerprint density at radius 1 is 1.35 bits per heavy atom. The Morgan fingerprint density at radius 2 is 1.94 bits per heavy atom. The van der Waals surface area contributed by atoms with Gasteiger partial charge in [0.25, 0.3) is 0 Å². The zero-order chi connectivity index (χ0) is 10.6. The summed E-state index contributed by atoms with van der Waals surface area (Å²) in [6.45, 7) is 8.94. The van der Waals surface area contributed by atoms with Crippen molar-refractivity contribution in [3.05, 3.63) is 23.8 Å². The normalized spacial score (nSPS) is 14.8. The molecule has 1 aliphatic carbocycles. The number of halogens is 2. The van der Waals surface area contributed by atoms with Gasteiger partial charge in [-0.3, -0.25) is 6.08 Å². The summed E-state index contributed by atoms with van der Waals surface area (Å²) >= 11 is 0.